The Morgan fingerprint density at radius 1 is 1.38 bits per heavy atom. The molecule has 0 fully saturated rings. The van der Waals surface area contributed by atoms with Crippen molar-refractivity contribution in [3.63, 3.8) is 0 Å². The molecular formula is C12H15Cl2NO. The highest BCUT2D eigenvalue weighted by atomic mass is 35.5. The van der Waals surface area contributed by atoms with E-state index in [9.17, 15) is 4.79 Å². The molecule has 1 rings (SSSR count). The summed E-state index contributed by atoms with van der Waals surface area (Å²) in [5, 5.41) is 0.699. The van der Waals surface area contributed by atoms with Crippen LogP contribution in [0.4, 0.5) is 0 Å². The summed E-state index contributed by atoms with van der Waals surface area (Å²) in [4.78, 5) is 13.2. The van der Waals surface area contributed by atoms with Gasteiger partial charge in [-0.15, -0.1) is 11.6 Å². The van der Waals surface area contributed by atoms with Gasteiger partial charge in [-0.3, -0.25) is 4.79 Å². The smallest absolute Gasteiger partial charge is 0.237 e. The lowest BCUT2D eigenvalue weighted by atomic mass is 10.0. The van der Waals surface area contributed by atoms with Gasteiger partial charge in [0.15, 0.2) is 0 Å². The summed E-state index contributed by atoms with van der Waals surface area (Å²) in [6, 6.07) is 7.60. The van der Waals surface area contributed by atoms with Gasteiger partial charge >= 0.3 is 0 Å². The standard InChI is InChI=1S/C12H15Cl2NO/c1-3-11(15(2)12(16)8-13)9-4-6-10(14)7-5-9/h4-7,11H,3,8H2,1-2H3. The average Bonchev–Trinajstić information content (AvgIpc) is 2.31. The van der Waals surface area contributed by atoms with E-state index in [-0.39, 0.29) is 17.8 Å². The summed E-state index contributed by atoms with van der Waals surface area (Å²) >= 11 is 11.4. The minimum atomic E-state index is -0.0662. The molecule has 0 N–H and O–H groups in total. The van der Waals surface area contributed by atoms with Crippen molar-refractivity contribution >= 4 is 29.1 Å². The van der Waals surface area contributed by atoms with Crippen molar-refractivity contribution in [3.05, 3.63) is 34.9 Å². The normalized spacial score (nSPS) is 12.2. The molecule has 1 atom stereocenters. The number of carbonyl (C=O) groups is 1. The van der Waals surface area contributed by atoms with Crippen molar-refractivity contribution < 1.29 is 4.79 Å². The first kappa shape index (κ1) is 13.3. The number of halogens is 2. The zero-order valence-corrected chi connectivity index (χ0v) is 10.9. The van der Waals surface area contributed by atoms with Crippen LogP contribution in [0.1, 0.15) is 24.9 Å². The Kier molecular flexibility index (Phi) is 5.10. The number of hydrogen-bond acceptors (Lipinski definition) is 1. The Labute approximate surface area is 106 Å². The van der Waals surface area contributed by atoms with Crippen molar-refractivity contribution in [3.8, 4) is 0 Å². The molecule has 0 aliphatic carbocycles. The van der Waals surface area contributed by atoms with Crippen LogP contribution in [-0.4, -0.2) is 23.7 Å². The third-order valence-corrected chi connectivity index (χ3v) is 3.10. The zero-order chi connectivity index (χ0) is 12.1. The number of amides is 1. The summed E-state index contributed by atoms with van der Waals surface area (Å²) < 4.78 is 0. The fourth-order valence-corrected chi connectivity index (χ4v) is 2.00. The molecular weight excluding hydrogens is 245 g/mol. The summed E-state index contributed by atoms with van der Waals surface area (Å²) in [6.07, 6.45) is 0.848. The van der Waals surface area contributed by atoms with Crippen LogP contribution in [0.25, 0.3) is 0 Å². The highest BCUT2D eigenvalue weighted by Crippen LogP contribution is 2.24. The van der Waals surface area contributed by atoms with Crippen LogP contribution in [0.3, 0.4) is 0 Å². The van der Waals surface area contributed by atoms with Gasteiger partial charge < -0.3 is 4.90 Å². The topological polar surface area (TPSA) is 20.3 Å². The summed E-state index contributed by atoms with van der Waals surface area (Å²) in [5.41, 5.74) is 1.08. The number of carbonyl (C=O) groups excluding carboxylic acids is 1. The second-order valence-corrected chi connectivity index (χ2v) is 4.32. The van der Waals surface area contributed by atoms with Gasteiger partial charge in [-0.25, -0.2) is 0 Å². The van der Waals surface area contributed by atoms with Crippen molar-refractivity contribution in [2.75, 3.05) is 12.9 Å². The largest absolute Gasteiger partial charge is 0.338 e. The Morgan fingerprint density at radius 3 is 2.38 bits per heavy atom. The predicted octanol–water partition coefficient (Wildman–Crippen LogP) is 3.49. The third kappa shape index (κ3) is 3.13. The van der Waals surface area contributed by atoms with Crippen molar-refractivity contribution in [2.24, 2.45) is 0 Å². The molecule has 0 aliphatic rings. The van der Waals surface area contributed by atoms with Crippen LogP contribution in [0.5, 0.6) is 0 Å². The highest BCUT2D eigenvalue weighted by molar-refractivity contribution is 6.30. The monoisotopic (exact) mass is 259 g/mol. The summed E-state index contributed by atoms with van der Waals surface area (Å²) in [5.74, 6) is -0.0518. The molecule has 0 saturated carbocycles. The summed E-state index contributed by atoms with van der Waals surface area (Å²) in [7, 11) is 1.77. The van der Waals surface area contributed by atoms with E-state index < -0.39 is 0 Å². The first-order chi connectivity index (χ1) is 7.60. The Morgan fingerprint density at radius 2 is 1.94 bits per heavy atom. The van der Waals surface area contributed by atoms with Crippen LogP contribution in [0, 0.1) is 0 Å². The van der Waals surface area contributed by atoms with Crippen LogP contribution in [0.2, 0.25) is 5.02 Å². The summed E-state index contributed by atoms with van der Waals surface area (Å²) in [6.45, 7) is 2.04. The van der Waals surface area contributed by atoms with Gasteiger partial charge in [-0.05, 0) is 24.1 Å². The van der Waals surface area contributed by atoms with E-state index >= 15 is 0 Å². The van der Waals surface area contributed by atoms with Crippen molar-refractivity contribution in [2.45, 2.75) is 19.4 Å². The van der Waals surface area contributed by atoms with Crippen molar-refractivity contribution in [1.82, 2.24) is 4.90 Å². The maximum atomic E-state index is 11.5. The van der Waals surface area contributed by atoms with E-state index in [4.69, 9.17) is 23.2 Å². The Hall–Kier alpha value is -0.730. The molecule has 1 unspecified atom stereocenters. The van der Waals surface area contributed by atoms with E-state index in [2.05, 4.69) is 0 Å². The maximum absolute atomic E-state index is 11.5. The quantitative estimate of drug-likeness (QED) is 0.759. The fourth-order valence-electron chi connectivity index (χ4n) is 1.69. The number of rotatable bonds is 4. The van der Waals surface area contributed by atoms with E-state index in [0.717, 1.165) is 12.0 Å². The molecule has 16 heavy (non-hydrogen) atoms. The van der Waals surface area contributed by atoms with Gasteiger partial charge in [0.1, 0.15) is 5.88 Å². The van der Waals surface area contributed by atoms with Gasteiger partial charge in [-0.1, -0.05) is 30.7 Å². The number of alkyl halides is 1. The Balaban J connectivity index is 2.89. The molecule has 1 aromatic carbocycles. The number of hydrogen-bond donors (Lipinski definition) is 0. The predicted molar refractivity (Wildman–Crippen MR) is 68.0 cm³/mol. The molecule has 1 amide bonds. The Bertz CT molecular complexity index is 351. The van der Waals surface area contributed by atoms with Crippen LogP contribution in [0.15, 0.2) is 24.3 Å². The van der Waals surface area contributed by atoms with Gasteiger partial charge in [0.2, 0.25) is 5.91 Å². The van der Waals surface area contributed by atoms with E-state index in [1.807, 2.05) is 31.2 Å². The van der Waals surface area contributed by atoms with Crippen LogP contribution < -0.4 is 0 Å². The molecule has 0 radical (unpaired) electrons. The molecule has 2 nitrogen and oxygen atoms in total. The molecule has 0 aliphatic heterocycles. The number of nitrogens with zero attached hydrogens (tertiary/aromatic N) is 1. The highest BCUT2D eigenvalue weighted by Gasteiger charge is 2.18. The van der Waals surface area contributed by atoms with Gasteiger partial charge in [-0.2, -0.15) is 0 Å². The first-order valence-corrected chi connectivity index (χ1v) is 6.08. The lowest BCUT2D eigenvalue weighted by Crippen LogP contribution is -2.31. The van der Waals surface area contributed by atoms with Crippen LogP contribution in [-0.2, 0) is 4.79 Å². The molecule has 1 aromatic rings. The molecule has 0 spiro atoms. The average molecular weight is 260 g/mol. The van der Waals surface area contributed by atoms with E-state index in [0.29, 0.717) is 5.02 Å². The number of benzene rings is 1. The second-order valence-electron chi connectivity index (χ2n) is 3.61. The maximum Gasteiger partial charge on any atom is 0.237 e. The second kappa shape index (κ2) is 6.12. The van der Waals surface area contributed by atoms with Gasteiger partial charge in [0.05, 0.1) is 6.04 Å². The third-order valence-electron chi connectivity index (χ3n) is 2.62. The SMILES string of the molecule is CCC(c1ccc(Cl)cc1)N(C)C(=O)CCl. The minimum absolute atomic E-state index is 0.0145. The fraction of sp³-hybridized carbons (Fsp3) is 0.417. The van der Waals surface area contributed by atoms with E-state index in [1.165, 1.54) is 0 Å². The molecule has 88 valence electrons. The first-order valence-electron chi connectivity index (χ1n) is 5.17. The lowest BCUT2D eigenvalue weighted by Gasteiger charge is -2.27. The molecule has 0 heterocycles. The molecule has 0 aromatic heterocycles. The van der Waals surface area contributed by atoms with Crippen LogP contribution >= 0.6 is 23.2 Å². The minimum Gasteiger partial charge on any atom is -0.338 e. The molecule has 0 bridgehead atoms. The lowest BCUT2D eigenvalue weighted by molar-refractivity contribution is -0.129. The zero-order valence-electron chi connectivity index (χ0n) is 9.41. The molecule has 0 saturated heterocycles. The van der Waals surface area contributed by atoms with Crippen molar-refractivity contribution in [1.29, 1.82) is 0 Å². The van der Waals surface area contributed by atoms with Gasteiger partial charge in [0, 0.05) is 12.1 Å². The molecule has 4 heteroatoms. The van der Waals surface area contributed by atoms with E-state index in [1.54, 1.807) is 11.9 Å². The van der Waals surface area contributed by atoms with Gasteiger partial charge in [0.25, 0.3) is 0 Å².